The van der Waals surface area contributed by atoms with Crippen molar-refractivity contribution in [3.05, 3.63) is 58.8 Å². The fourth-order valence-corrected chi connectivity index (χ4v) is 4.93. The molecular formula is C25H30FN5O. The van der Waals surface area contributed by atoms with Gasteiger partial charge in [0.25, 0.3) is 5.91 Å². The Kier molecular flexibility index (Phi) is 5.91. The molecule has 2 aliphatic heterocycles. The van der Waals surface area contributed by atoms with Gasteiger partial charge in [-0.05, 0) is 49.9 Å². The number of aryl methyl sites for hydroxylation is 3. The van der Waals surface area contributed by atoms with Crippen LogP contribution in [0.25, 0.3) is 11.2 Å². The minimum atomic E-state index is -0.211. The number of imidazole rings is 1. The molecule has 32 heavy (non-hydrogen) atoms. The fourth-order valence-electron chi connectivity index (χ4n) is 4.93. The molecule has 2 aliphatic rings. The Bertz CT molecular complexity index is 1120. The van der Waals surface area contributed by atoms with Crippen molar-refractivity contribution in [2.75, 3.05) is 26.2 Å². The number of pyridine rings is 1. The molecular weight excluding hydrogens is 405 g/mol. The van der Waals surface area contributed by atoms with Gasteiger partial charge in [-0.25, -0.2) is 14.4 Å². The second-order valence-electron chi connectivity index (χ2n) is 9.02. The third-order valence-electron chi connectivity index (χ3n) is 6.62. The van der Waals surface area contributed by atoms with Crippen LogP contribution in [0.3, 0.4) is 0 Å². The van der Waals surface area contributed by atoms with E-state index in [1.165, 1.54) is 18.6 Å². The molecule has 1 aromatic carbocycles. The van der Waals surface area contributed by atoms with Crippen LogP contribution in [0.4, 0.5) is 4.39 Å². The highest BCUT2D eigenvalue weighted by molar-refractivity contribution is 6.04. The van der Waals surface area contributed by atoms with Crippen molar-refractivity contribution in [2.45, 2.75) is 52.1 Å². The van der Waals surface area contributed by atoms with Gasteiger partial charge in [-0.2, -0.15) is 0 Å². The number of hydrogen-bond acceptors (Lipinski definition) is 4. The largest absolute Gasteiger partial charge is 0.337 e. The van der Waals surface area contributed by atoms with Crippen LogP contribution in [0.15, 0.2) is 30.3 Å². The van der Waals surface area contributed by atoms with Crippen molar-refractivity contribution in [3.8, 4) is 0 Å². The van der Waals surface area contributed by atoms with E-state index >= 15 is 0 Å². The third-order valence-corrected chi connectivity index (χ3v) is 6.62. The smallest absolute Gasteiger partial charge is 0.256 e. The van der Waals surface area contributed by atoms with Crippen LogP contribution in [0.2, 0.25) is 0 Å². The second-order valence-corrected chi connectivity index (χ2v) is 9.02. The number of fused-ring (bicyclic) bond motifs is 3. The van der Waals surface area contributed by atoms with E-state index in [0.717, 1.165) is 86.7 Å². The number of amides is 1. The minimum Gasteiger partial charge on any atom is -0.337 e. The molecule has 0 aliphatic carbocycles. The zero-order valence-corrected chi connectivity index (χ0v) is 18.7. The average Bonchev–Trinajstić information content (AvgIpc) is 2.97. The van der Waals surface area contributed by atoms with E-state index < -0.39 is 0 Å². The van der Waals surface area contributed by atoms with Gasteiger partial charge in [-0.3, -0.25) is 9.69 Å². The molecule has 5 rings (SSSR count). The van der Waals surface area contributed by atoms with E-state index in [2.05, 4.69) is 9.47 Å². The maximum Gasteiger partial charge on any atom is 0.256 e. The first-order valence-electron chi connectivity index (χ1n) is 11.7. The number of nitrogens with zero attached hydrogens (tertiary/aromatic N) is 5. The minimum absolute atomic E-state index is 0.0531. The van der Waals surface area contributed by atoms with Crippen LogP contribution in [0.1, 0.15) is 53.1 Å². The van der Waals surface area contributed by atoms with Gasteiger partial charge in [0.15, 0.2) is 5.65 Å². The maximum atomic E-state index is 13.6. The molecule has 0 saturated carbocycles. The van der Waals surface area contributed by atoms with Crippen LogP contribution in [0.5, 0.6) is 0 Å². The van der Waals surface area contributed by atoms with Gasteiger partial charge >= 0.3 is 0 Å². The first-order chi connectivity index (χ1) is 15.6. The molecule has 0 unspecified atom stereocenters. The van der Waals surface area contributed by atoms with E-state index in [1.54, 1.807) is 0 Å². The predicted octanol–water partition coefficient (Wildman–Crippen LogP) is 3.95. The summed E-state index contributed by atoms with van der Waals surface area (Å²) < 4.78 is 15.4. The van der Waals surface area contributed by atoms with Crippen molar-refractivity contribution in [1.29, 1.82) is 0 Å². The number of carbonyl (C=O) groups excluding carboxylic acids is 1. The summed E-state index contributed by atoms with van der Waals surface area (Å²) >= 11 is 0. The molecule has 2 aromatic heterocycles. The summed E-state index contributed by atoms with van der Waals surface area (Å²) in [4.78, 5) is 27.5. The molecule has 1 amide bonds. The highest BCUT2D eigenvalue weighted by Crippen LogP contribution is 2.25. The lowest BCUT2D eigenvalue weighted by atomic mass is 10.1. The zero-order chi connectivity index (χ0) is 22.1. The molecule has 3 aromatic rings. The first-order valence-corrected chi connectivity index (χ1v) is 11.7. The topological polar surface area (TPSA) is 54.3 Å². The molecule has 1 saturated heterocycles. The van der Waals surface area contributed by atoms with E-state index in [4.69, 9.17) is 9.97 Å². The van der Waals surface area contributed by atoms with Crippen molar-refractivity contribution in [2.24, 2.45) is 0 Å². The standard InChI is InChI=1S/C25H30FN5O/c1-18-16-21(23-24(27-18)31-13-4-2-3-6-22(31)28-23)25(32)30-12-5-11-29(14-15-30)17-19-7-9-20(26)10-8-19/h7-10,16H,2-6,11-15,17H2,1H3. The quantitative estimate of drug-likeness (QED) is 0.625. The van der Waals surface area contributed by atoms with Crippen LogP contribution in [0, 0.1) is 12.7 Å². The van der Waals surface area contributed by atoms with Crippen LogP contribution in [-0.4, -0.2) is 56.4 Å². The predicted molar refractivity (Wildman–Crippen MR) is 122 cm³/mol. The van der Waals surface area contributed by atoms with Crippen molar-refractivity contribution < 1.29 is 9.18 Å². The SMILES string of the molecule is Cc1cc(C(=O)N2CCCN(Cc3ccc(F)cc3)CC2)c2nc3n(c2n1)CCCCC3. The number of carbonyl (C=O) groups is 1. The molecule has 0 radical (unpaired) electrons. The molecule has 0 bridgehead atoms. The number of halogens is 1. The first kappa shape index (κ1) is 21.1. The van der Waals surface area contributed by atoms with E-state index in [-0.39, 0.29) is 11.7 Å². The highest BCUT2D eigenvalue weighted by atomic mass is 19.1. The molecule has 0 N–H and O–H groups in total. The molecule has 4 heterocycles. The Morgan fingerprint density at radius 3 is 2.66 bits per heavy atom. The van der Waals surface area contributed by atoms with Gasteiger partial charge in [0.2, 0.25) is 0 Å². The van der Waals surface area contributed by atoms with Gasteiger partial charge in [0.05, 0.1) is 5.56 Å². The number of hydrogen-bond donors (Lipinski definition) is 0. The molecule has 168 valence electrons. The van der Waals surface area contributed by atoms with Crippen molar-refractivity contribution >= 4 is 17.1 Å². The van der Waals surface area contributed by atoms with E-state index in [0.29, 0.717) is 12.1 Å². The van der Waals surface area contributed by atoms with E-state index in [9.17, 15) is 9.18 Å². The number of rotatable bonds is 3. The van der Waals surface area contributed by atoms with Crippen molar-refractivity contribution in [3.63, 3.8) is 0 Å². The lowest BCUT2D eigenvalue weighted by Gasteiger charge is -2.22. The van der Waals surface area contributed by atoms with Gasteiger partial charge < -0.3 is 9.47 Å². The Morgan fingerprint density at radius 1 is 0.969 bits per heavy atom. The maximum absolute atomic E-state index is 13.6. The second kappa shape index (κ2) is 8.98. The van der Waals surface area contributed by atoms with Gasteiger partial charge in [-0.15, -0.1) is 0 Å². The van der Waals surface area contributed by atoms with Gasteiger partial charge in [0.1, 0.15) is 17.2 Å². The molecule has 1 fully saturated rings. The monoisotopic (exact) mass is 435 g/mol. The number of aromatic nitrogens is 3. The summed E-state index contributed by atoms with van der Waals surface area (Å²) in [6, 6.07) is 8.59. The molecule has 0 atom stereocenters. The summed E-state index contributed by atoms with van der Waals surface area (Å²) in [7, 11) is 0. The lowest BCUT2D eigenvalue weighted by molar-refractivity contribution is 0.0762. The Morgan fingerprint density at radius 2 is 1.81 bits per heavy atom. The molecule has 0 spiro atoms. The van der Waals surface area contributed by atoms with Crippen LogP contribution in [-0.2, 0) is 19.5 Å². The Labute approximate surface area is 188 Å². The molecule has 6 nitrogen and oxygen atoms in total. The van der Waals surface area contributed by atoms with Crippen LogP contribution >= 0.6 is 0 Å². The normalized spacial score (nSPS) is 17.8. The summed E-state index contributed by atoms with van der Waals surface area (Å²) in [6.45, 7) is 6.79. The average molecular weight is 436 g/mol. The third kappa shape index (κ3) is 4.26. The van der Waals surface area contributed by atoms with E-state index in [1.807, 2.05) is 30.0 Å². The number of benzene rings is 1. The molecule has 7 heteroatoms. The van der Waals surface area contributed by atoms with Gasteiger partial charge in [-0.1, -0.05) is 18.6 Å². The summed E-state index contributed by atoms with van der Waals surface area (Å²) in [5.41, 5.74) is 4.25. The Hall–Kier alpha value is -2.80. The lowest BCUT2D eigenvalue weighted by Crippen LogP contribution is -2.35. The summed E-state index contributed by atoms with van der Waals surface area (Å²) in [5, 5.41) is 0. The fraction of sp³-hybridized carbons (Fsp3) is 0.480. The van der Waals surface area contributed by atoms with Gasteiger partial charge in [0, 0.05) is 51.4 Å². The Balaban J connectivity index is 1.35. The zero-order valence-electron chi connectivity index (χ0n) is 18.7. The highest BCUT2D eigenvalue weighted by Gasteiger charge is 2.25. The van der Waals surface area contributed by atoms with Crippen molar-refractivity contribution in [1.82, 2.24) is 24.3 Å². The van der Waals surface area contributed by atoms with Crippen LogP contribution < -0.4 is 0 Å². The summed E-state index contributed by atoms with van der Waals surface area (Å²) in [6.07, 6.45) is 5.35. The summed E-state index contributed by atoms with van der Waals surface area (Å²) in [5.74, 6) is 0.903.